The molecule has 5 amide bonds. The van der Waals surface area contributed by atoms with E-state index in [2.05, 4.69) is 23.6 Å². The third kappa shape index (κ3) is 8.42. The molecule has 248 valence electrons. The van der Waals surface area contributed by atoms with Crippen molar-refractivity contribution in [3.63, 3.8) is 0 Å². The smallest absolute Gasteiger partial charge is 0.419 e. The highest BCUT2D eigenvalue weighted by molar-refractivity contribution is 6.05. The quantitative estimate of drug-likeness (QED) is 0.290. The predicted octanol–water partition coefficient (Wildman–Crippen LogP) is 5.40. The summed E-state index contributed by atoms with van der Waals surface area (Å²) >= 11 is 0. The van der Waals surface area contributed by atoms with Crippen molar-refractivity contribution in [2.75, 3.05) is 13.1 Å². The number of hydrogen-bond acceptors (Lipinski definition) is 8. The largest absolute Gasteiger partial charge is 0.443 e. The van der Waals surface area contributed by atoms with E-state index in [-0.39, 0.29) is 30.3 Å². The summed E-state index contributed by atoms with van der Waals surface area (Å²) in [6.07, 6.45) is 4.19. The third-order valence-corrected chi connectivity index (χ3v) is 8.73. The zero-order valence-electron chi connectivity index (χ0n) is 27.9. The van der Waals surface area contributed by atoms with Crippen LogP contribution in [0.2, 0.25) is 0 Å². The number of unbranched alkanes of at least 4 members (excludes halogenated alkanes) is 1. The van der Waals surface area contributed by atoms with Crippen molar-refractivity contribution in [1.29, 1.82) is 0 Å². The summed E-state index contributed by atoms with van der Waals surface area (Å²) in [5.74, 6) is -0.305. The molecule has 1 aromatic rings. The van der Waals surface area contributed by atoms with Crippen LogP contribution in [0.25, 0.3) is 0 Å². The predicted molar refractivity (Wildman–Crippen MR) is 168 cm³/mol. The molecule has 0 bridgehead atoms. The van der Waals surface area contributed by atoms with Gasteiger partial charge in [0.2, 0.25) is 11.8 Å². The Morgan fingerprint density at radius 1 is 0.978 bits per heavy atom. The Balaban J connectivity index is 1.47. The fourth-order valence-corrected chi connectivity index (χ4v) is 6.44. The summed E-state index contributed by atoms with van der Waals surface area (Å²) in [4.78, 5) is 66.3. The molecule has 11 heteroatoms. The fraction of sp³-hybridized carbons (Fsp3) is 0.676. The van der Waals surface area contributed by atoms with Crippen molar-refractivity contribution in [3.8, 4) is 0 Å². The lowest BCUT2D eigenvalue weighted by molar-refractivity contribution is -0.136. The van der Waals surface area contributed by atoms with Gasteiger partial charge in [0, 0.05) is 30.6 Å². The molecule has 2 aliphatic heterocycles. The van der Waals surface area contributed by atoms with Gasteiger partial charge >= 0.3 is 12.2 Å². The van der Waals surface area contributed by atoms with Crippen molar-refractivity contribution in [1.82, 2.24) is 20.4 Å². The van der Waals surface area contributed by atoms with Gasteiger partial charge in [-0.25, -0.2) is 14.5 Å². The van der Waals surface area contributed by atoms with E-state index >= 15 is 0 Å². The van der Waals surface area contributed by atoms with Crippen LogP contribution in [0, 0.1) is 5.92 Å². The number of nitrogens with zero attached hydrogens (tertiary/aromatic N) is 2. The monoisotopic (exact) mass is 626 g/mol. The van der Waals surface area contributed by atoms with Crippen LogP contribution in [0.5, 0.6) is 0 Å². The van der Waals surface area contributed by atoms with E-state index in [1.54, 1.807) is 46.4 Å². The van der Waals surface area contributed by atoms with E-state index in [4.69, 9.17) is 9.47 Å². The SMILES string of the molecule is CC1CCC(NCCCCN(C(=O)OC(C)(C)C)C(=O)OC(C)(C)C)(c2cccc3c2CN(C2CCC(=O)NC2=O)C3=O)CC1. The Bertz CT molecular complexity index is 1280. The molecule has 45 heavy (non-hydrogen) atoms. The normalized spacial score (nSPS) is 23.8. The molecule has 1 unspecified atom stereocenters. The molecule has 3 aliphatic rings. The van der Waals surface area contributed by atoms with Gasteiger partial charge in [0.25, 0.3) is 5.91 Å². The number of amides is 5. The van der Waals surface area contributed by atoms with E-state index in [9.17, 15) is 24.0 Å². The van der Waals surface area contributed by atoms with E-state index in [0.29, 0.717) is 43.8 Å². The zero-order chi connectivity index (χ0) is 33.2. The van der Waals surface area contributed by atoms with Crippen molar-refractivity contribution < 1.29 is 33.4 Å². The van der Waals surface area contributed by atoms with Crippen molar-refractivity contribution in [2.24, 2.45) is 5.92 Å². The maximum atomic E-state index is 13.5. The molecule has 1 saturated carbocycles. The van der Waals surface area contributed by atoms with Crippen LogP contribution in [-0.2, 0) is 31.1 Å². The molecule has 1 atom stereocenters. The first kappa shape index (κ1) is 34.4. The summed E-state index contributed by atoms with van der Waals surface area (Å²) in [6.45, 7) is 13.9. The molecule has 1 saturated heterocycles. The molecule has 11 nitrogen and oxygen atoms in total. The summed E-state index contributed by atoms with van der Waals surface area (Å²) < 4.78 is 11.0. The Morgan fingerprint density at radius 2 is 1.60 bits per heavy atom. The minimum absolute atomic E-state index is 0.158. The van der Waals surface area contributed by atoms with Gasteiger partial charge in [-0.15, -0.1) is 0 Å². The standard InChI is InChI=1S/C34H50N4O7/c1-22-15-17-34(18-16-22,35-19-8-9-20-37(30(42)44-32(2,3)4)31(43)45-33(5,6)7)25-12-10-11-23-24(25)21-38(29(23)41)26-13-14-27(39)36-28(26)40/h10-12,22,26,35H,8-9,13-21H2,1-7H3,(H,36,39,40). The highest BCUT2D eigenvalue weighted by Gasteiger charge is 2.44. The molecular weight excluding hydrogens is 576 g/mol. The molecule has 2 N–H and O–H groups in total. The molecule has 2 fully saturated rings. The molecule has 0 spiro atoms. The van der Waals surface area contributed by atoms with Crippen LogP contribution in [0.1, 0.15) is 121 Å². The minimum Gasteiger partial charge on any atom is -0.443 e. The van der Waals surface area contributed by atoms with Crippen LogP contribution in [0.4, 0.5) is 9.59 Å². The topological polar surface area (TPSA) is 134 Å². The summed E-state index contributed by atoms with van der Waals surface area (Å²) in [6, 6.07) is 5.17. The van der Waals surface area contributed by atoms with Crippen LogP contribution in [0.3, 0.4) is 0 Å². The molecule has 1 aromatic carbocycles. The maximum Gasteiger partial charge on any atom is 0.419 e. The van der Waals surface area contributed by atoms with Crippen LogP contribution in [0.15, 0.2) is 18.2 Å². The number of carbonyl (C=O) groups is 5. The average Bonchev–Trinajstić information content (AvgIpc) is 3.26. The fourth-order valence-electron chi connectivity index (χ4n) is 6.44. The van der Waals surface area contributed by atoms with Gasteiger partial charge in [0.05, 0.1) is 0 Å². The summed E-state index contributed by atoms with van der Waals surface area (Å²) in [7, 11) is 0. The van der Waals surface area contributed by atoms with Gasteiger partial charge in [0.1, 0.15) is 17.2 Å². The number of benzene rings is 1. The molecule has 2 heterocycles. The van der Waals surface area contributed by atoms with Gasteiger partial charge < -0.3 is 19.7 Å². The van der Waals surface area contributed by atoms with Crippen molar-refractivity contribution >= 4 is 29.9 Å². The Hall–Kier alpha value is -3.47. The number of imide groups is 2. The Morgan fingerprint density at radius 3 is 2.18 bits per heavy atom. The van der Waals surface area contributed by atoms with Gasteiger partial charge in [0.15, 0.2) is 0 Å². The molecule has 4 rings (SSSR count). The maximum absolute atomic E-state index is 13.5. The highest BCUT2D eigenvalue weighted by atomic mass is 16.6. The van der Waals surface area contributed by atoms with Gasteiger partial charge in [-0.3, -0.25) is 19.7 Å². The van der Waals surface area contributed by atoms with Gasteiger partial charge in [-0.1, -0.05) is 19.1 Å². The number of hydrogen-bond donors (Lipinski definition) is 2. The van der Waals surface area contributed by atoms with Crippen LogP contribution >= 0.6 is 0 Å². The lowest BCUT2D eigenvalue weighted by atomic mass is 9.71. The number of carbonyl (C=O) groups excluding carboxylic acids is 5. The number of fused-ring (bicyclic) bond motifs is 1. The molecule has 0 radical (unpaired) electrons. The minimum atomic E-state index is -0.755. The van der Waals surface area contributed by atoms with E-state index in [0.717, 1.165) is 41.7 Å². The first-order chi connectivity index (χ1) is 21.0. The lowest BCUT2D eigenvalue weighted by Crippen LogP contribution is -2.52. The Labute approximate surface area is 266 Å². The second-order valence-corrected chi connectivity index (χ2v) is 14.7. The molecule has 0 aromatic heterocycles. The van der Waals surface area contributed by atoms with E-state index < -0.39 is 35.3 Å². The van der Waals surface area contributed by atoms with Crippen LogP contribution in [-0.4, -0.2) is 70.0 Å². The second kappa shape index (κ2) is 13.5. The summed E-state index contributed by atoms with van der Waals surface area (Å²) in [5.41, 5.74) is 0.773. The van der Waals surface area contributed by atoms with E-state index in [1.807, 2.05) is 12.1 Å². The second-order valence-electron chi connectivity index (χ2n) is 14.7. The lowest BCUT2D eigenvalue weighted by Gasteiger charge is -2.42. The number of ether oxygens (including phenoxy) is 2. The van der Waals surface area contributed by atoms with Crippen LogP contribution < -0.4 is 10.6 Å². The number of rotatable bonds is 8. The van der Waals surface area contributed by atoms with Crippen molar-refractivity contribution in [2.45, 2.75) is 129 Å². The Kier molecular flexibility index (Phi) is 10.3. The van der Waals surface area contributed by atoms with E-state index in [1.165, 1.54) is 0 Å². The van der Waals surface area contributed by atoms with Gasteiger partial charge in [-0.2, -0.15) is 0 Å². The molecule has 1 aliphatic carbocycles. The summed E-state index contributed by atoms with van der Waals surface area (Å²) in [5, 5.41) is 6.21. The average molecular weight is 627 g/mol. The number of piperidine rings is 1. The third-order valence-electron chi connectivity index (χ3n) is 8.73. The molecular formula is C34H50N4O7. The first-order valence-corrected chi connectivity index (χ1v) is 16.3. The first-order valence-electron chi connectivity index (χ1n) is 16.3. The zero-order valence-corrected chi connectivity index (χ0v) is 27.9. The van der Waals surface area contributed by atoms with Crippen molar-refractivity contribution in [3.05, 3.63) is 34.9 Å². The number of nitrogens with one attached hydrogen (secondary N) is 2. The highest BCUT2D eigenvalue weighted by Crippen LogP contribution is 2.43. The van der Waals surface area contributed by atoms with Gasteiger partial charge in [-0.05, 0) is 116 Å².